The zero-order chi connectivity index (χ0) is 16.0. The highest BCUT2D eigenvalue weighted by Gasteiger charge is 2.44. The second-order valence-electron chi connectivity index (χ2n) is 5.80. The summed E-state index contributed by atoms with van der Waals surface area (Å²) in [5.74, 6) is 0. The van der Waals surface area contributed by atoms with Crippen molar-refractivity contribution in [2.45, 2.75) is 24.3 Å². The molecule has 3 atom stereocenters. The van der Waals surface area contributed by atoms with Gasteiger partial charge in [-0.15, -0.1) is 0 Å². The fourth-order valence-electron chi connectivity index (χ4n) is 3.20. The minimum atomic E-state index is -0.0372. The normalized spacial score (nSPS) is 26.3. The van der Waals surface area contributed by atoms with Crippen LogP contribution < -0.4 is 0 Å². The summed E-state index contributed by atoms with van der Waals surface area (Å²) in [4.78, 5) is 11.8. The van der Waals surface area contributed by atoms with E-state index < -0.39 is 0 Å². The molecule has 118 valence electrons. The maximum atomic E-state index is 6.50. The standard InChI is InChI=1S/C17H15Cl2N3S/c1-10-9-22-16(12-6-5-11(18)8-13(12)19)15(21-17(22)23-10)14-4-2-3-7-20-14/h2-8,10,15-16H,9H2,1H3. The van der Waals surface area contributed by atoms with Gasteiger partial charge >= 0.3 is 0 Å². The highest BCUT2D eigenvalue weighted by molar-refractivity contribution is 8.14. The first kappa shape index (κ1) is 15.3. The number of hydrogen-bond acceptors (Lipinski definition) is 4. The number of halogens is 2. The number of rotatable bonds is 2. The predicted molar refractivity (Wildman–Crippen MR) is 97.4 cm³/mol. The zero-order valence-electron chi connectivity index (χ0n) is 12.5. The van der Waals surface area contributed by atoms with Gasteiger partial charge in [-0.05, 0) is 29.8 Å². The molecule has 23 heavy (non-hydrogen) atoms. The Kier molecular flexibility index (Phi) is 4.00. The van der Waals surface area contributed by atoms with Crippen molar-refractivity contribution in [3.63, 3.8) is 0 Å². The molecule has 0 saturated carbocycles. The Balaban J connectivity index is 1.80. The lowest BCUT2D eigenvalue weighted by atomic mass is 9.96. The Labute approximate surface area is 149 Å². The first-order chi connectivity index (χ1) is 11.1. The minimum absolute atomic E-state index is 0.0372. The van der Waals surface area contributed by atoms with Crippen molar-refractivity contribution in [1.82, 2.24) is 9.88 Å². The number of amidine groups is 1. The van der Waals surface area contributed by atoms with Crippen LogP contribution in [0.1, 0.15) is 30.3 Å². The van der Waals surface area contributed by atoms with Crippen molar-refractivity contribution >= 4 is 40.1 Å². The molecule has 2 aliphatic heterocycles. The highest BCUT2D eigenvalue weighted by atomic mass is 35.5. The molecule has 0 spiro atoms. The number of thioether (sulfide) groups is 1. The van der Waals surface area contributed by atoms with Crippen LogP contribution in [0.5, 0.6) is 0 Å². The van der Waals surface area contributed by atoms with Crippen LogP contribution in [-0.2, 0) is 0 Å². The fourth-order valence-corrected chi connectivity index (χ4v) is 4.81. The van der Waals surface area contributed by atoms with E-state index in [2.05, 4.69) is 16.8 Å². The largest absolute Gasteiger partial charge is 0.341 e. The maximum absolute atomic E-state index is 6.50. The summed E-state index contributed by atoms with van der Waals surface area (Å²) >= 11 is 14.4. The average molecular weight is 364 g/mol. The van der Waals surface area contributed by atoms with Crippen LogP contribution in [-0.4, -0.2) is 26.8 Å². The van der Waals surface area contributed by atoms with Crippen molar-refractivity contribution in [2.24, 2.45) is 4.99 Å². The third-order valence-electron chi connectivity index (χ3n) is 4.16. The molecule has 0 N–H and O–H groups in total. The highest BCUT2D eigenvalue weighted by Crippen LogP contribution is 2.49. The summed E-state index contributed by atoms with van der Waals surface area (Å²) < 4.78 is 0. The lowest BCUT2D eigenvalue weighted by Crippen LogP contribution is -2.28. The molecule has 1 saturated heterocycles. The number of hydrogen-bond donors (Lipinski definition) is 0. The Hall–Kier alpha value is -1.23. The van der Waals surface area contributed by atoms with Crippen LogP contribution in [0.3, 0.4) is 0 Å². The molecule has 3 nitrogen and oxygen atoms in total. The smallest absolute Gasteiger partial charge is 0.160 e. The molecule has 3 unspecified atom stereocenters. The van der Waals surface area contributed by atoms with Gasteiger partial charge in [0.25, 0.3) is 0 Å². The van der Waals surface area contributed by atoms with E-state index in [1.54, 1.807) is 6.07 Å². The van der Waals surface area contributed by atoms with Gasteiger partial charge in [0.05, 0.1) is 11.7 Å². The molecule has 2 aromatic rings. The summed E-state index contributed by atoms with van der Waals surface area (Å²) in [7, 11) is 0. The Morgan fingerprint density at radius 2 is 2.09 bits per heavy atom. The predicted octanol–water partition coefficient (Wildman–Crippen LogP) is 4.98. The molecular weight excluding hydrogens is 349 g/mol. The first-order valence-corrected chi connectivity index (χ1v) is 9.14. The van der Waals surface area contributed by atoms with E-state index in [9.17, 15) is 0 Å². The van der Waals surface area contributed by atoms with E-state index in [0.717, 1.165) is 23.0 Å². The molecule has 0 aliphatic carbocycles. The van der Waals surface area contributed by atoms with Gasteiger partial charge in [0.15, 0.2) is 5.17 Å². The van der Waals surface area contributed by atoms with Gasteiger partial charge < -0.3 is 4.90 Å². The summed E-state index contributed by atoms with van der Waals surface area (Å²) in [5, 5.41) is 2.96. The summed E-state index contributed by atoms with van der Waals surface area (Å²) in [5.41, 5.74) is 2.03. The number of aliphatic imine (C=N–C) groups is 1. The van der Waals surface area contributed by atoms with E-state index in [4.69, 9.17) is 28.2 Å². The second kappa shape index (κ2) is 6.00. The van der Waals surface area contributed by atoms with E-state index in [0.29, 0.717) is 15.3 Å². The van der Waals surface area contributed by atoms with Crippen molar-refractivity contribution in [2.75, 3.05) is 6.54 Å². The SMILES string of the molecule is CC1CN2C(=NC(c3ccccn3)C2c2ccc(Cl)cc2Cl)S1. The average Bonchev–Trinajstić information content (AvgIpc) is 3.05. The molecule has 2 aliphatic rings. The number of benzene rings is 1. The minimum Gasteiger partial charge on any atom is -0.341 e. The lowest BCUT2D eigenvalue weighted by Gasteiger charge is -2.28. The van der Waals surface area contributed by atoms with Gasteiger partial charge in [0.1, 0.15) is 6.04 Å². The molecule has 1 fully saturated rings. The van der Waals surface area contributed by atoms with Crippen molar-refractivity contribution in [3.8, 4) is 0 Å². The van der Waals surface area contributed by atoms with Gasteiger partial charge in [-0.3, -0.25) is 9.98 Å². The summed E-state index contributed by atoms with van der Waals surface area (Å²) in [6.07, 6.45) is 1.81. The van der Waals surface area contributed by atoms with Gasteiger partial charge in [0, 0.05) is 28.0 Å². The van der Waals surface area contributed by atoms with Crippen LogP contribution in [0.2, 0.25) is 10.0 Å². The van der Waals surface area contributed by atoms with E-state index >= 15 is 0 Å². The number of aromatic nitrogens is 1. The van der Waals surface area contributed by atoms with E-state index in [-0.39, 0.29) is 12.1 Å². The molecular formula is C17H15Cl2N3S. The molecule has 0 radical (unpaired) electrons. The second-order valence-corrected chi connectivity index (χ2v) is 8.05. The fraction of sp³-hybridized carbons (Fsp3) is 0.294. The van der Waals surface area contributed by atoms with Crippen molar-refractivity contribution in [1.29, 1.82) is 0 Å². The van der Waals surface area contributed by atoms with Crippen molar-refractivity contribution < 1.29 is 0 Å². The number of fused-ring (bicyclic) bond motifs is 1. The van der Waals surface area contributed by atoms with Crippen LogP contribution in [0.4, 0.5) is 0 Å². The van der Waals surface area contributed by atoms with Crippen LogP contribution >= 0.6 is 35.0 Å². The van der Waals surface area contributed by atoms with Crippen LogP contribution in [0, 0.1) is 0 Å². The lowest BCUT2D eigenvalue weighted by molar-refractivity contribution is 0.321. The Morgan fingerprint density at radius 1 is 1.22 bits per heavy atom. The maximum Gasteiger partial charge on any atom is 0.160 e. The molecule has 1 aromatic carbocycles. The molecule has 0 bridgehead atoms. The number of pyridine rings is 1. The third kappa shape index (κ3) is 2.73. The monoisotopic (exact) mass is 363 g/mol. The topological polar surface area (TPSA) is 28.5 Å². The van der Waals surface area contributed by atoms with Crippen molar-refractivity contribution in [3.05, 3.63) is 63.9 Å². The van der Waals surface area contributed by atoms with E-state index in [1.807, 2.05) is 48.3 Å². The first-order valence-electron chi connectivity index (χ1n) is 7.50. The van der Waals surface area contributed by atoms with E-state index in [1.165, 1.54) is 0 Å². The van der Waals surface area contributed by atoms with Gasteiger partial charge in [-0.1, -0.05) is 54.0 Å². The Morgan fingerprint density at radius 3 is 2.83 bits per heavy atom. The summed E-state index contributed by atoms with van der Waals surface area (Å²) in [6, 6.07) is 11.7. The Bertz CT molecular complexity index is 766. The molecule has 0 amide bonds. The van der Waals surface area contributed by atoms with Gasteiger partial charge in [-0.25, -0.2) is 0 Å². The summed E-state index contributed by atoms with van der Waals surface area (Å²) in [6.45, 7) is 3.19. The molecule has 3 heterocycles. The van der Waals surface area contributed by atoms with Crippen LogP contribution in [0.15, 0.2) is 47.6 Å². The zero-order valence-corrected chi connectivity index (χ0v) is 14.8. The number of nitrogens with zero attached hydrogens (tertiary/aromatic N) is 3. The molecule has 1 aromatic heterocycles. The third-order valence-corrected chi connectivity index (χ3v) is 5.83. The molecule has 4 rings (SSSR count). The van der Waals surface area contributed by atoms with Gasteiger partial charge in [0.2, 0.25) is 0 Å². The van der Waals surface area contributed by atoms with Gasteiger partial charge in [-0.2, -0.15) is 0 Å². The van der Waals surface area contributed by atoms with Crippen LogP contribution in [0.25, 0.3) is 0 Å². The molecule has 6 heteroatoms. The quantitative estimate of drug-likeness (QED) is 0.753.